The zero-order chi connectivity index (χ0) is 21.6. The van der Waals surface area contributed by atoms with Crippen LogP contribution in [0.4, 0.5) is 4.39 Å². The summed E-state index contributed by atoms with van der Waals surface area (Å²) in [7, 11) is 1.59. The lowest BCUT2D eigenvalue weighted by Gasteiger charge is -2.08. The molecular weight excluding hydrogens is 393 g/mol. The van der Waals surface area contributed by atoms with Crippen molar-refractivity contribution in [2.45, 2.75) is 6.42 Å². The van der Waals surface area contributed by atoms with E-state index < -0.39 is 0 Å². The monoisotopic (exact) mass is 415 g/mol. The van der Waals surface area contributed by atoms with Crippen LogP contribution in [0.5, 0.6) is 5.75 Å². The molecule has 1 amide bonds. The first kappa shape index (κ1) is 20.3. The van der Waals surface area contributed by atoms with Gasteiger partial charge in [-0.1, -0.05) is 42.5 Å². The van der Waals surface area contributed by atoms with Crippen molar-refractivity contribution in [1.82, 2.24) is 15.1 Å². The van der Waals surface area contributed by atoms with Crippen molar-refractivity contribution < 1.29 is 13.9 Å². The van der Waals surface area contributed by atoms with Gasteiger partial charge in [0.05, 0.1) is 18.4 Å². The SMILES string of the molecule is COc1ccccc1-c1nn(-c2ccccc2)cc1C(=O)NCCc1ccc(F)cc1. The molecule has 0 bridgehead atoms. The zero-order valence-electron chi connectivity index (χ0n) is 17.1. The first-order chi connectivity index (χ1) is 15.2. The Kier molecular flexibility index (Phi) is 6.08. The summed E-state index contributed by atoms with van der Waals surface area (Å²) < 4.78 is 20.3. The molecule has 0 saturated heterocycles. The minimum Gasteiger partial charge on any atom is -0.496 e. The molecule has 1 heterocycles. The van der Waals surface area contributed by atoms with Gasteiger partial charge in [-0.3, -0.25) is 4.79 Å². The first-order valence-corrected chi connectivity index (χ1v) is 9.97. The number of ether oxygens (including phenoxy) is 1. The van der Waals surface area contributed by atoms with Crippen LogP contribution < -0.4 is 10.1 Å². The minimum atomic E-state index is -0.275. The van der Waals surface area contributed by atoms with Crippen LogP contribution in [0.25, 0.3) is 16.9 Å². The highest BCUT2D eigenvalue weighted by atomic mass is 19.1. The van der Waals surface area contributed by atoms with Crippen molar-refractivity contribution in [3.05, 3.63) is 102 Å². The number of aromatic nitrogens is 2. The summed E-state index contributed by atoms with van der Waals surface area (Å²) in [6.07, 6.45) is 2.33. The van der Waals surface area contributed by atoms with Gasteiger partial charge in [0, 0.05) is 18.3 Å². The lowest BCUT2D eigenvalue weighted by Crippen LogP contribution is -2.25. The molecule has 1 N–H and O–H groups in total. The molecule has 5 nitrogen and oxygen atoms in total. The number of hydrogen-bond donors (Lipinski definition) is 1. The third kappa shape index (κ3) is 4.64. The van der Waals surface area contributed by atoms with Gasteiger partial charge in [0.25, 0.3) is 5.91 Å². The molecule has 0 fully saturated rings. The molecule has 0 aliphatic carbocycles. The van der Waals surface area contributed by atoms with E-state index in [9.17, 15) is 9.18 Å². The van der Waals surface area contributed by atoms with Crippen molar-refractivity contribution in [2.75, 3.05) is 13.7 Å². The molecule has 0 aliphatic heterocycles. The largest absolute Gasteiger partial charge is 0.496 e. The molecular formula is C25H22FN3O2. The van der Waals surface area contributed by atoms with Crippen molar-refractivity contribution in [2.24, 2.45) is 0 Å². The van der Waals surface area contributed by atoms with Gasteiger partial charge in [-0.15, -0.1) is 0 Å². The average molecular weight is 415 g/mol. The minimum absolute atomic E-state index is 0.231. The van der Waals surface area contributed by atoms with Crippen LogP contribution in [0, 0.1) is 5.82 Å². The van der Waals surface area contributed by atoms with E-state index in [1.807, 2.05) is 54.6 Å². The van der Waals surface area contributed by atoms with Gasteiger partial charge >= 0.3 is 0 Å². The van der Waals surface area contributed by atoms with Crippen molar-refractivity contribution in [1.29, 1.82) is 0 Å². The number of carbonyl (C=O) groups excluding carboxylic acids is 1. The van der Waals surface area contributed by atoms with E-state index in [-0.39, 0.29) is 11.7 Å². The number of methoxy groups -OCH3 is 1. The first-order valence-electron chi connectivity index (χ1n) is 9.97. The van der Waals surface area contributed by atoms with E-state index in [1.165, 1.54) is 12.1 Å². The zero-order valence-corrected chi connectivity index (χ0v) is 17.1. The normalized spacial score (nSPS) is 10.6. The highest BCUT2D eigenvalue weighted by Crippen LogP contribution is 2.31. The lowest BCUT2D eigenvalue weighted by molar-refractivity contribution is 0.0954. The summed E-state index contributed by atoms with van der Waals surface area (Å²) in [4.78, 5) is 13.1. The maximum absolute atomic E-state index is 13.1. The molecule has 4 aromatic rings. The second-order valence-electron chi connectivity index (χ2n) is 7.00. The molecule has 1 aromatic heterocycles. The van der Waals surface area contributed by atoms with Crippen molar-refractivity contribution >= 4 is 5.91 Å². The molecule has 4 rings (SSSR count). The standard InChI is InChI=1S/C25H22FN3O2/c1-31-23-10-6-5-9-21(23)24-22(17-29(28-24)20-7-3-2-4-8-20)25(30)27-16-15-18-11-13-19(26)14-12-18/h2-14,17H,15-16H2,1H3,(H,27,30). The fourth-order valence-corrected chi connectivity index (χ4v) is 3.36. The Morgan fingerprint density at radius 3 is 2.45 bits per heavy atom. The van der Waals surface area contributed by atoms with E-state index in [0.717, 1.165) is 16.8 Å². The number of carbonyl (C=O) groups is 1. The Balaban J connectivity index is 1.62. The van der Waals surface area contributed by atoms with Crippen LogP contribution in [0.15, 0.2) is 85.1 Å². The van der Waals surface area contributed by atoms with Crippen LogP contribution >= 0.6 is 0 Å². The maximum Gasteiger partial charge on any atom is 0.255 e. The van der Waals surface area contributed by atoms with E-state index in [4.69, 9.17) is 9.84 Å². The summed E-state index contributed by atoms with van der Waals surface area (Å²) >= 11 is 0. The van der Waals surface area contributed by atoms with E-state index in [1.54, 1.807) is 30.1 Å². The number of halogens is 1. The number of benzene rings is 3. The molecule has 6 heteroatoms. The van der Waals surface area contributed by atoms with Crippen LogP contribution in [-0.2, 0) is 6.42 Å². The number of para-hydroxylation sites is 2. The fraction of sp³-hybridized carbons (Fsp3) is 0.120. The second kappa shape index (κ2) is 9.26. The molecule has 0 radical (unpaired) electrons. The summed E-state index contributed by atoms with van der Waals surface area (Å²) in [5, 5.41) is 7.64. The Morgan fingerprint density at radius 1 is 1.00 bits per heavy atom. The molecule has 3 aromatic carbocycles. The number of nitrogens with one attached hydrogen (secondary N) is 1. The number of nitrogens with zero attached hydrogens (tertiary/aromatic N) is 2. The van der Waals surface area contributed by atoms with Gasteiger partial charge in [0.1, 0.15) is 17.3 Å². The Bertz CT molecular complexity index is 1170. The Morgan fingerprint density at radius 2 is 1.71 bits per heavy atom. The quantitative estimate of drug-likeness (QED) is 0.478. The summed E-state index contributed by atoms with van der Waals surface area (Å²) in [6, 6.07) is 23.4. The van der Waals surface area contributed by atoms with Gasteiger partial charge in [-0.2, -0.15) is 5.10 Å². The smallest absolute Gasteiger partial charge is 0.255 e. The van der Waals surface area contributed by atoms with Gasteiger partial charge in [-0.25, -0.2) is 9.07 Å². The van der Waals surface area contributed by atoms with E-state index in [0.29, 0.717) is 30.0 Å². The molecule has 156 valence electrons. The Hall–Kier alpha value is -3.93. The summed E-state index contributed by atoms with van der Waals surface area (Å²) in [5.41, 5.74) is 3.53. The van der Waals surface area contributed by atoms with Crippen molar-refractivity contribution in [3.8, 4) is 22.7 Å². The molecule has 0 unspecified atom stereocenters. The summed E-state index contributed by atoms with van der Waals surface area (Å²) in [5.74, 6) is 0.133. The average Bonchev–Trinajstić information content (AvgIpc) is 3.26. The van der Waals surface area contributed by atoms with Gasteiger partial charge < -0.3 is 10.1 Å². The lowest BCUT2D eigenvalue weighted by atomic mass is 10.1. The van der Waals surface area contributed by atoms with Gasteiger partial charge in [-0.05, 0) is 48.4 Å². The van der Waals surface area contributed by atoms with Crippen LogP contribution in [0.3, 0.4) is 0 Å². The van der Waals surface area contributed by atoms with E-state index in [2.05, 4.69) is 5.32 Å². The van der Waals surface area contributed by atoms with Crippen LogP contribution in [-0.4, -0.2) is 29.3 Å². The van der Waals surface area contributed by atoms with Crippen LogP contribution in [0.2, 0.25) is 0 Å². The second-order valence-corrected chi connectivity index (χ2v) is 7.00. The number of amides is 1. The number of hydrogen-bond acceptors (Lipinski definition) is 3. The molecule has 0 atom stereocenters. The Labute approximate surface area is 180 Å². The topological polar surface area (TPSA) is 56.2 Å². The van der Waals surface area contributed by atoms with Crippen LogP contribution in [0.1, 0.15) is 15.9 Å². The van der Waals surface area contributed by atoms with Crippen molar-refractivity contribution in [3.63, 3.8) is 0 Å². The maximum atomic E-state index is 13.1. The van der Waals surface area contributed by atoms with Gasteiger partial charge in [0.2, 0.25) is 0 Å². The predicted octanol–water partition coefficient (Wildman–Crippen LogP) is 4.66. The fourth-order valence-electron chi connectivity index (χ4n) is 3.36. The third-order valence-corrected chi connectivity index (χ3v) is 4.95. The molecule has 0 spiro atoms. The van der Waals surface area contributed by atoms with Gasteiger partial charge in [0.15, 0.2) is 0 Å². The molecule has 0 aliphatic rings. The summed E-state index contributed by atoms with van der Waals surface area (Å²) in [6.45, 7) is 0.423. The highest BCUT2D eigenvalue weighted by Gasteiger charge is 2.20. The third-order valence-electron chi connectivity index (χ3n) is 4.95. The van der Waals surface area contributed by atoms with E-state index >= 15 is 0 Å². The number of rotatable bonds is 7. The molecule has 31 heavy (non-hydrogen) atoms. The predicted molar refractivity (Wildman–Crippen MR) is 118 cm³/mol. The highest BCUT2D eigenvalue weighted by molar-refractivity contribution is 6.00. The molecule has 0 saturated carbocycles.